The first-order chi connectivity index (χ1) is 8.70. The molecule has 1 aliphatic heterocycles. The van der Waals surface area contributed by atoms with Crippen LogP contribution in [-0.4, -0.2) is 60.0 Å². The first kappa shape index (κ1) is 15.7. The fraction of sp³-hybridized carbons (Fsp3) is 0.833. The zero-order valence-electron chi connectivity index (χ0n) is 11.4. The standard InChI is InChI=1S/C12H20F2N2O3/c1-8(2)12(10(17)18)4-5-16(7-12)11(19)15(3)6-9(13)14/h8-9H,4-7H2,1-3H3,(H,17,18). The number of halogens is 2. The maximum Gasteiger partial charge on any atom is 0.319 e. The number of amides is 2. The van der Waals surface area contributed by atoms with Gasteiger partial charge < -0.3 is 14.9 Å². The van der Waals surface area contributed by atoms with Crippen molar-refractivity contribution in [1.82, 2.24) is 9.80 Å². The molecular formula is C12H20F2N2O3. The van der Waals surface area contributed by atoms with Gasteiger partial charge in [0.2, 0.25) is 0 Å². The summed E-state index contributed by atoms with van der Waals surface area (Å²) in [5.41, 5.74) is -0.971. The molecule has 1 N–H and O–H groups in total. The van der Waals surface area contributed by atoms with Crippen molar-refractivity contribution in [3.8, 4) is 0 Å². The van der Waals surface area contributed by atoms with Gasteiger partial charge in [-0.1, -0.05) is 13.8 Å². The van der Waals surface area contributed by atoms with Crippen LogP contribution in [0.1, 0.15) is 20.3 Å². The van der Waals surface area contributed by atoms with Crippen LogP contribution >= 0.6 is 0 Å². The lowest BCUT2D eigenvalue weighted by Gasteiger charge is -2.30. The maximum absolute atomic E-state index is 12.2. The number of alkyl halides is 2. The highest BCUT2D eigenvalue weighted by Crippen LogP contribution is 2.38. The molecule has 7 heteroatoms. The molecule has 0 aromatic carbocycles. The minimum atomic E-state index is -2.59. The van der Waals surface area contributed by atoms with Crippen LogP contribution in [0.15, 0.2) is 0 Å². The summed E-state index contributed by atoms with van der Waals surface area (Å²) in [7, 11) is 1.30. The molecule has 0 aromatic rings. The zero-order chi connectivity index (χ0) is 14.8. The monoisotopic (exact) mass is 278 g/mol. The molecule has 0 aliphatic carbocycles. The van der Waals surface area contributed by atoms with Gasteiger partial charge in [0, 0.05) is 20.1 Å². The first-order valence-electron chi connectivity index (χ1n) is 6.22. The van der Waals surface area contributed by atoms with E-state index in [0.717, 1.165) is 4.90 Å². The maximum atomic E-state index is 12.2. The predicted molar refractivity (Wildman–Crippen MR) is 65.1 cm³/mol. The number of hydrogen-bond donors (Lipinski definition) is 1. The summed E-state index contributed by atoms with van der Waals surface area (Å²) in [4.78, 5) is 25.6. The molecule has 1 heterocycles. The molecule has 0 spiro atoms. The van der Waals surface area contributed by atoms with Gasteiger partial charge in [-0.2, -0.15) is 0 Å². The fourth-order valence-electron chi connectivity index (χ4n) is 2.42. The molecule has 1 unspecified atom stereocenters. The highest BCUT2D eigenvalue weighted by atomic mass is 19.3. The largest absolute Gasteiger partial charge is 0.481 e. The highest BCUT2D eigenvalue weighted by molar-refractivity contribution is 5.80. The van der Waals surface area contributed by atoms with Crippen LogP contribution in [0.2, 0.25) is 0 Å². The van der Waals surface area contributed by atoms with Gasteiger partial charge in [-0.25, -0.2) is 13.6 Å². The Balaban J connectivity index is 2.74. The smallest absolute Gasteiger partial charge is 0.319 e. The highest BCUT2D eigenvalue weighted by Gasteiger charge is 2.48. The van der Waals surface area contributed by atoms with Crippen molar-refractivity contribution in [2.45, 2.75) is 26.7 Å². The Labute approximate surface area is 111 Å². The summed E-state index contributed by atoms with van der Waals surface area (Å²) in [6.45, 7) is 3.32. The van der Waals surface area contributed by atoms with Crippen LogP contribution in [0.25, 0.3) is 0 Å². The minimum absolute atomic E-state index is 0.0758. The lowest BCUT2D eigenvalue weighted by atomic mass is 9.76. The number of carbonyl (C=O) groups is 2. The third-order valence-electron chi connectivity index (χ3n) is 3.84. The SMILES string of the molecule is CC(C)C1(C(=O)O)CCN(C(=O)N(C)CC(F)F)C1. The molecule has 1 rings (SSSR count). The molecule has 19 heavy (non-hydrogen) atoms. The van der Waals surface area contributed by atoms with Crippen molar-refractivity contribution in [1.29, 1.82) is 0 Å². The van der Waals surface area contributed by atoms with Crippen molar-refractivity contribution in [2.24, 2.45) is 11.3 Å². The Hall–Kier alpha value is -1.40. The van der Waals surface area contributed by atoms with E-state index >= 15 is 0 Å². The van der Waals surface area contributed by atoms with E-state index in [4.69, 9.17) is 0 Å². The lowest BCUT2D eigenvalue weighted by molar-refractivity contribution is -0.150. The van der Waals surface area contributed by atoms with E-state index in [1.807, 2.05) is 0 Å². The molecule has 0 aromatic heterocycles. The number of carbonyl (C=O) groups excluding carboxylic acids is 1. The van der Waals surface area contributed by atoms with E-state index in [0.29, 0.717) is 6.42 Å². The average molecular weight is 278 g/mol. The Kier molecular flexibility index (Phi) is 4.70. The second kappa shape index (κ2) is 5.71. The van der Waals surface area contributed by atoms with Gasteiger partial charge in [0.05, 0.1) is 12.0 Å². The van der Waals surface area contributed by atoms with Gasteiger partial charge in [0.1, 0.15) is 0 Å². The topological polar surface area (TPSA) is 60.9 Å². The van der Waals surface area contributed by atoms with E-state index in [9.17, 15) is 23.5 Å². The number of carboxylic acid groups (broad SMARTS) is 1. The van der Waals surface area contributed by atoms with Crippen molar-refractivity contribution >= 4 is 12.0 Å². The Morgan fingerprint density at radius 1 is 1.42 bits per heavy atom. The van der Waals surface area contributed by atoms with Crippen molar-refractivity contribution in [3.63, 3.8) is 0 Å². The lowest BCUT2D eigenvalue weighted by Crippen LogP contribution is -2.45. The third-order valence-corrected chi connectivity index (χ3v) is 3.84. The molecule has 110 valence electrons. The van der Waals surface area contributed by atoms with Crippen LogP contribution in [0, 0.1) is 11.3 Å². The number of hydrogen-bond acceptors (Lipinski definition) is 2. The molecule has 0 bridgehead atoms. The van der Waals surface area contributed by atoms with Gasteiger partial charge in [-0.3, -0.25) is 4.79 Å². The molecule has 5 nitrogen and oxygen atoms in total. The van der Waals surface area contributed by atoms with E-state index in [-0.39, 0.29) is 19.0 Å². The van der Waals surface area contributed by atoms with Crippen LogP contribution in [0.5, 0.6) is 0 Å². The number of nitrogens with zero attached hydrogens (tertiary/aromatic N) is 2. The van der Waals surface area contributed by atoms with Crippen LogP contribution in [0.3, 0.4) is 0 Å². The van der Waals surface area contributed by atoms with Gasteiger partial charge in [-0.15, -0.1) is 0 Å². The molecule has 1 aliphatic rings. The van der Waals surface area contributed by atoms with Crippen molar-refractivity contribution < 1.29 is 23.5 Å². The molecule has 1 fully saturated rings. The molecule has 1 atom stereocenters. The minimum Gasteiger partial charge on any atom is -0.481 e. The Morgan fingerprint density at radius 3 is 2.37 bits per heavy atom. The Morgan fingerprint density at radius 2 is 2.00 bits per heavy atom. The summed E-state index contributed by atoms with van der Waals surface area (Å²) in [5, 5.41) is 9.35. The summed E-state index contributed by atoms with van der Waals surface area (Å²) in [6.07, 6.45) is -2.24. The van der Waals surface area contributed by atoms with Gasteiger partial charge in [0.25, 0.3) is 6.43 Å². The summed E-state index contributed by atoms with van der Waals surface area (Å²) >= 11 is 0. The van der Waals surface area contributed by atoms with Crippen molar-refractivity contribution in [2.75, 3.05) is 26.7 Å². The van der Waals surface area contributed by atoms with E-state index in [1.54, 1.807) is 13.8 Å². The molecule has 1 saturated heterocycles. The van der Waals surface area contributed by atoms with Gasteiger partial charge in [0.15, 0.2) is 0 Å². The van der Waals surface area contributed by atoms with Gasteiger partial charge in [-0.05, 0) is 12.3 Å². The number of carboxylic acids is 1. The normalized spacial score (nSPS) is 23.2. The van der Waals surface area contributed by atoms with Crippen LogP contribution in [0.4, 0.5) is 13.6 Å². The fourth-order valence-corrected chi connectivity index (χ4v) is 2.42. The first-order valence-corrected chi connectivity index (χ1v) is 6.22. The van der Waals surface area contributed by atoms with Crippen LogP contribution < -0.4 is 0 Å². The van der Waals surface area contributed by atoms with Gasteiger partial charge >= 0.3 is 12.0 Å². The quantitative estimate of drug-likeness (QED) is 0.852. The summed E-state index contributed by atoms with van der Waals surface area (Å²) in [6, 6.07) is -0.538. The number of likely N-dealkylation sites (tertiary alicyclic amines) is 1. The Bertz CT molecular complexity index is 363. The number of rotatable bonds is 4. The van der Waals surface area contributed by atoms with Crippen molar-refractivity contribution in [3.05, 3.63) is 0 Å². The number of urea groups is 1. The van der Waals surface area contributed by atoms with Crippen LogP contribution in [-0.2, 0) is 4.79 Å². The second-order valence-electron chi connectivity index (χ2n) is 5.34. The zero-order valence-corrected chi connectivity index (χ0v) is 11.4. The third kappa shape index (κ3) is 3.13. The van der Waals surface area contributed by atoms with E-state index < -0.39 is 30.4 Å². The molecule has 0 saturated carbocycles. The summed E-state index contributed by atoms with van der Waals surface area (Å²) in [5.74, 6) is -1.06. The molecule has 0 radical (unpaired) electrons. The average Bonchev–Trinajstić information content (AvgIpc) is 2.72. The second-order valence-corrected chi connectivity index (χ2v) is 5.34. The number of aliphatic carboxylic acids is 1. The predicted octanol–water partition coefficient (Wildman–Crippen LogP) is 1.74. The summed E-state index contributed by atoms with van der Waals surface area (Å²) < 4.78 is 24.5. The van der Waals surface area contributed by atoms with E-state index in [1.165, 1.54) is 11.9 Å². The molecular weight excluding hydrogens is 258 g/mol. The molecule has 2 amide bonds. The van der Waals surface area contributed by atoms with E-state index in [2.05, 4.69) is 0 Å².